The number of aryl methyl sites for hydroxylation is 1. The molecule has 0 saturated carbocycles. The SMILES string of the molecule is CNCC1CCN(CCCn2ccnn2)C1. The number of aromatic nitrogens is 3. The van der Waals surface area contributed by atoms with Crippen LogP contribution < -0.4 is 5.32 Å². The van der Waals surface area contributed by atoms with Gasteiger partial charge in [0.05, 0.1) is 6.20 Å². The second kappa shape index (κ2) is 5.96. The van der Waals surface area contributed by atoms with Crippen LogP contribution in [0.2, 0.25) is 0 Å². The van der Waals surface area contributed by atoms with Crippen LogP contribution in [-0.4, -0.2) is 53.1 Å². The summed E-state index contributed by atoms with van der Waals surface area (Å²) >= 11 is 0. The Morgan fingerprint density at radius 2 is 2.38 bits per heavy atom. The molecule has 1 atom stereocenters. The van der Waals surface area contributed by atoms with E-state index >= 15 is 0 Å². The number of hydrogen-bond acceptors (Lipinski definition) is 4. The first-order chi connectivity index (χ1) is 7.88. The maximum atomic E-state index is 3.96. The summed E-state index contributed by atoms with van der Waals surface area (Å²) in [5, 5.41) is 11.0. The predicted molar refractivity (Wildman–Crippen MR) is 63.1 cm³/mol. The molecule has 1 aliphatic rings. The highest BCUT2D eigenvalue weighted by molar-refractivity contribution is 4.76. The molecule has 0 spiro atoms. The van der Waals surface area contributed by atoms with E-state index in [1.54, 1.807) is 6.20 Å². The van der Waals surface area contributed by atoms with E-state index in [1.165, 1.54) is 26.1 Å². The lowest BCUT2D eigenvalue weighted by molar-refractivity contribution is 0.308. The Kier molecular flexibility index (Phi) is 4.30. The highest BCUT2D eigenvalue weighted by atomic mass is 15.4. The van der Waals surface area contributed by atoms with Gasteiger partial charge in [0.15, 0.2) is 0 Å². The summed E-state index contributed by atoms with van der Waals surface area (Å²) in [6, 6.07) is 0. The first kappa shape index (κ1) is 11.5. The number of nitrogens with zero attached hydrogens (tertiary/aromatic N) is 4. The average molecular weight is 223 g/mol. The van der Waals surface area contributed by atoms with Gasteiger partial charge >= 0.3 is 0 Å². The van der Waals surface area contributed by atoms with Crippen molar-refractivity contribution >= 4 is 0 Å². The third-order valence-corrected chi connectivity index (χ3v) is 3.20. The van der Waals surface area contributed by atoms with Crippen molar-refractivity contribution < 1.29 is 0 Å². The molecule has 90 valence electrons. The Morgan fingerprint density at radius 3 is 3.12 bits per heavy atom. The molecule has 2 heterocycles. The van der Waals surface area contributed by atoms with Crippen LogP contribution in [0.15, 0.2) is 12.4 Å². The zero-order chi connectivity index (χ0) is 11.2. The van der Waals surface area contributed by atoms with Gasteiger partial charge in [-0.3, -0.25) is 4.68 Å². The third kappa shape index (κ3) is 3.28. The van der Waals surface area contributed by atoms with E-state index < -0.39 is 0 Å². The van der Waals surface area contributed by atoms with Gasteiger partial charge in [-0.05, 0) is 45.4 Å². The van der Waals surface area contributed by atoms with E-state index in [9.17, 15) is 0 Å². The van der Waals surface area contributed by atoms with Gasteiger partial charge in [0.1, 0.15) is 0 Å². The minimum Gasteiger partial charge on any atom is -0.319 e. The fraction of sp³-hybridized carbons (Fsp3) is 0.818. The van der Waals surface area contributed by atoms with E-state index in [4.69, 9.17) is 0 Å². The summed E-state index contributed by atoms with van der Waals surface area (Å²) < 4.78 is 1.90. The Bertz CT molecular complexity index is 285. The third-order valence-electron chi connectivity index (χ3n) is 3.20. The molecule has 0 bridgehead atoms. The Morgan fingerprint density at radius 1 is 1.44 bits per heavy atom. The van der Waals surface area contributed by atoms with Crippen LogP contribution in [-0.2, 0) is 6.54 Å². The van der Waals surface area contributed by atoms with E-state index in [1.807, 2.05) is 17.9 Å². The van der Waals surface area contributed by atoms with Crippen molar-refractivity contribution in [2.24, 2.45) is 5.92 Å². The van der Waals surface area contributed by atoms with Crippen molar-refractivity contribution in [3.63, 3.8) is 0 Å². The zero-order valence-electron chi connectivity index (χ0n) is 9.97. The fourth-order valence-corrected chi connectivity index (χ4v) is 2.38. The lowest BCUT2D eigenvalue weighted by Gasteiger charge is -2.15. The van der Waals surface area contributed by atoms with Crippen molar-refractivity contribution in [3.05, 3.63) is 12.4 Å². The van der Waals surface area contributed by atoms with E-state index in [-0.39, 0.29) is 0 Å². The molecule has 16 heavy (non-hydrogen) atoms. The molecule has 1 aromatic rings. The van der Waals surface area contributed by atoms with Crippen molar-refractivity contribution in [2.45, 2.75) is 19.4 Å². The summed E-state index contributed by atoms with van der Waals surface area (Å²) in [6.45, 7) is 5.81. The monoisotopic (exact) mass is 223 g/mol. The van der Waals surface area contributed by atoms with Crippen molar-refractivity contribution in [1.82, 2.24) is 25.2 Å². The van der Waals surface area contributed by atoms with Gasteiger partial charge in [-0.15, -0.1) is 5.10 Å². The molecular weight excluding hydrogens is 202 g/mol. The molecule has 2 rings (SSSR count). The predicted octanol–water partition coefficient (Wildman–Crippen LogP) is 0.210. The molecular formula is C11H21N5. The minimum atomic E-state index is 0.844. The molecule has 1 fully saturated rings. The van der Waals surface area contributed by atoms with Gasteiger partial charge in [0.25, 0.3) is 0 Å². The van der Waals surface area contributed by atoms with Gasteiger partial charge in [0, 0.05) is 19.3 Å². The number of hydrogen-bond donors (Lipinski definition) is 1. The molecule has 5 heteroatoms. The topological polar surface area (TPSA) is 46.0 Å². The summed E-state index contributed by atoms with van der Waals surface area (Å²) in [5.74, 6) is 0.844. The van der Waals surface area contributed by atoms with Crippen LogP contribution in [0, 0.1) is 5.92 Å². The maximum absolute atomic E-state index is 3.96. The van der Waals surface area contributed by atoms with Crippen LogP contribution in [0.3, 0.4) is 0 Å². The van der Waals surface area contributed by atoms with Gasteiger partial charge in [-0.1, -0.05) is 5.21 Å². The molecule has 1 aliphatic heterocycles. The van der Waals surface area contributed by atoms with Gasteiger partial charge < -0.3 is 10.2 Å². The maximum Gasteiger partial charge on any atom is 0.0692 e. The number of rotatable bonds is 6. The molecule has 5 nitrogen and oxygen atoms in total. The average Bonchev–Trinajstić information content (AvgIpc) is 2.90. The van der Waals surface area contributed by atoms with Gasteiger partial charge in [-0.2, -0.15) is 0 Å². The molecule has 1 aromatic heterocycles. The van der Waals surface area contributed by atoms with Crippen molar-refractivity contribution in [2.75, 3.05) is 33.2 Å². The van der Waals surface area contributed by atoms with Crippen LogP contribution in [0.1, 0.15) is 12.8 Å². The first-order valence-electron chi connectivity index (χ1n) is 6.09. The van der Waals surface area contributed by atoms with Crippen LogP contribution in [0.5, 0.6) is 0 Å². The Hall–Kier alpha value is -0.940. The van der Waals surface area contributed by atoms with E-state index in [0.717, 1.165) is 25.4 Å². The summed E-state index contributed by atoms with van der Waals surface area (Å²) in [5.41, 5.74) is 0. The Labute approximate surface area is 96.8 Å². The van der Waals surface area contributed by atoms with Crippen LogP contribution in [0.4, 0.5) is 0 Å². The Balaban J connectivity index is 1.60. The van der Waals surface area contributed by atoms with Crippen LogP contribution in [0.25, 0.3) is 0 Å². The molecule has 0 aliphatic carbocycles. The quantitative estimate of drug-likeness (QED) is 0.749. The normalized spacial score (nSPS) is 21.7. The molecule has 1 unspecified atom stereocenters. The first-order valence-corrected chi connectivity index (χ1v) is 6.09. The van der Waals surface area contributed by atoms with Crippen molar-refractivity contribution in [3.8, 4) is 0 Å². The fourth-order valence-electron chi connectivity index (χ4n) is 2.38. The van der Waals surface area contributed by atoms with E-state index in [0.29, 0.717) is 0 Å². The second-order valence-corrected chi connectivity index (χ2v) is 4.53. The summed E-state index contributed by atoms with van der Waals surface area (Å²) in [4.78, 5) is 2.55. The van der Waals surface area contributed by atoms with Crippen molar-refractivity contribution in [1.29, 1.82) is 0 Å². The molecule has 0 aromatic carbocycles. The number of nitrogens with one attached hydrogen (secondary N) is 1. The van der Waals surface area contributed by atoms with Gasteiger partial charge in [-0.25, -0.2) is 0 Å². The summed E-state index contributed by atoms with van der Waals surface area (Å²) in [6.07, 6.45) is 6.16. The largest absolute Gasteiger partial charge is 0.319 e. The minimum absolute atomic E-state index is 0.844. The zero-order valence-corrected chi connectivity index (χ0v) is 9.97. The second-order valence-electron chi connectivity index (χ2n) is 4.53. The smallest absolute Gasteiger partial charge is 0.0692 e. The highest BCUT2D eigenvalue weighted by Crippen LogP contribution is 2.15. The molecule has 0 amide bonds. The molecule has 1 N–H and O–H groups in total. The summed E-state index contributed by atoms with van der Waals surface area (Å²) in [7, 11) is 2.04. The number of likely N-dealkylation sites (tertiary alicyclic amines) is 1. The molecule has 1 saturated heterocycles. The lowest BCUT2D eigenvalue weighted by atomic mass is 10.1. The standard InChI is InChI=1S/C11H21N5/c1-12-9-11-3-7-15(10-11)5-2-6-16-8-4-13-14-16/h4,8,11-12H,2-3,5-7,9-10H2,1H3. The lowest BCUT2D eigenvalue weighted by Crippen LogP contribution is -2.26. The molecule has 0 radical (unpaired) electrons. The van der Waals surface area contributed by atoms with Crippen LogP contribution >= 0.6 is 0 Å². The van der Waals surface area contributed by atoms with E-state index in [2.05, 4.69) is 20.5 Å². The highest BCUT2D eigenvalue weighted by Gasteiger charge is 2.20. The van der Waals surface area contributed by atoms with Gasteiger partial charge in [0.2, 0.25) is 0 Å².